The molecule has 0 nitrogen and oxygen atoms in total. The van der Waals surface area contributed by atoms with Crippen LogP contribution in [-0.4, -0.2) is 0 Å². The summed E-state index contributed by atoms with van der Waals surface area (Å²) in [5.41, 5.74) is 5.83. The van der Waals surface area contributed by atoms with Crippen LogP contribution in [-0.2, 0) is 0 Å². The normalized spacial score (nSPS) is 12.5. The van der Waals surface area contributed by atoms with Crippen molar-refractivity contribution in [1.29, 1.82) is 0 Å². The molecule has 0 amide bonds. The zero-order valence-electron chi connectivity index (χ0n) is 9.27. The van der Waals surface area contributed by atoms with Crippen molar-refractivity contribution in [3.63, 3.8) is 0 Å². The lowest BCUT2D eigenvalue weighted by molar-refractivity contribution is 1.72. The third kappa shape index (κ3) is 1.08. The van der Waals surface area contributed by atoms with Crippen molar-refractivity contribution in [3.05, 3.63) is 65.4 Å². The summed E-state index contributed by atoms with van der Waals surface area (Å²) in [4.78, 5) is 0. The molecule has 0 heteroatoms. The van der Waals surface area contributed by atoms with E-state index in [1.807, 2.05) is 0 Å². The Morgan fingerprint density at radius 2 is 0.941 bits per heavy atom. The van der Waals surface area contributed by atoms with Crippen molar-refractivity contribution in [1.82, 2.24) is 0 Å². The molecular weight excluding hydrogens is 204 g/mol. The van der Waals surface area contributed by atoms with Crippen LogP contribution in [0.5, 0.6) is 0 Å². The standard InChI is InChI=1S/C17H10/c1-3-8-14-12(6-1)13-7-2-4-9-15(13)17-11-5-10-16(14)17/h1-4,6-11H. The van der Waals surface area contributed by atoms with Gasteiger partial charge < -0.3 is 0 Å². The van der Waals surface area contributed by atoms with E-state index in [0.717, 1.165) is 0 Å². The summed E-state index contributed by atoms with van der Waals surface area (Å²) in [6, 6.07) is 17.2. The summed E-state index contributed by atoms with van der Waals surface area (Å²) in [6.07, 6.45) is 4.17. The fourth-order valence-corrected chi connectivity index (χ4v) is 2.72. The molecule has 0 saturated heterocycles. The van der Waals surface area contributed by atoms with E-state index >= 15 is 0 Å². The molecule has 0 fully saturated rings. The Bertz CT molecular complexity index is 749. The van der Waals surface area contributed by atoms with Gasteiger partial charge in [0.25, 0.3) is 0 Å². The van der Waals surface area contributed by atoms with Crippen molar-refractivity contribution in [3.8, 4) is 0 Å². The van der Waals surface area contributed by atoms with Gasteiger partial charge in [0.2, 0.25) is 0 Å². The highest BCUT2D eigenvalue weighted by atomic mass is 14.1. The maximum absolute atomic E-state index is 3.22. The summed E-state index contributed by atoms with van der Waals surface area (Å²) >= 11 is 0. The molecule has 0 unspecified atom stereocenters. The Morgan fingerprint density at radius 1 is 0.529 bits per heavy atom. The van der Waals surface area contributed by atoms with Gasteiger partial charge in [-0.3, -0.25) is 0 Å². The molecule has 0 bridgehead atoms. The van der Waals surface area contributed by atoms with Gasteiger partial charge in [-0.15, -0.1) is 5.73 Å². The van der Waals surface area contributed by atoms with Crippen LogP contribution >= 0.6 is 0 Å². The highest BCUT2D eigenvalue weighted by Crippen LogP contribution is 2.35. The second kappa shape index (κ2) is 3.10. The largest absolute Gasteiger partial charge is 0.119 e. The van der Waals surface area contributed by atoms with E-state index in [2.05, 4.69) is 66.4 Å². The summed E-state index contributed by atoms with van der Waals surface area (Å²) in [7, 11) is 0. The first-order valence-corrected chi connectivity index (χ1v) is 5.81. The second-order valence-electron chi connectivity index (χ2n) is 4.37. The molecule has 4 rings (SSSR count). The fraction of sp³-hybridized carbons (Fsp3) is 0. The summed E-state index contributed by atoms with van der Waals surface area (Å²) < 4.78 is 0. The molecule has 1 aliphatic rings. The lowest BCUT2D eigenvalue weighted by Gasteiger charge is -2.10. The van der Waals surface area contributed by atoms with Crippen molar-refractivity contribution < 1.29 is 0 Å². The number of hydrogen-bond donors (Lipinski definition) is 0. The SMILES string of the molecule is C1=Cc2c(c3ccccc3c3ccccc23)C=1. The summed E-state index contributed by atoms with van der Waals surface area (Å²) in [6.45, 7) is 0. The molecule has 0 atom stereocenters. The molecule has 0 heterocycles. The molecular formula is C17H10. The number of hydrogen-bond acceptors (Lipinski definition) is 0. The maximum Gasteiger partial charge on any atom is -0.00155 e. The van der Waals surface area contributed by atoms with E-state index in [4.69, 9.17) is 0 Å². The monoisotopic (exact) mass is 214 g/mol. The molecule has 0 saturated carbocycles. The fourth-order valence-electron chi connectivity index (χ4n) is 2.72. The van der Waals surface area contributed by atoms with Gasteiger partial charge in [0.1, 0.15) is 0 Å². The quantitative estimate of drug-likeness (QED) is 0.295. The Labute approximate surface area is 99.5 Å². The van der Waals surface area contributed by atoms with Gasteiger partial charge in [-0.2, -0.15) is 0 Å². The number of rotatable bonds is 0. The molecule has 0 spiro atoms. The van der Waals surface area contributed by atoms with Crippen LogP contribution in [0, 0.1) is 0 Å². The lowest BCUT2D eigenvalue weighted by atomic mass is 9.93. The van der Waals surface area contributed by atoms with E-state index in [-0.39, 0.29) is 0 Å². The average Bonchev–Trinajstić information content (AvgIpc) is 2.89. The zero-order valence-corrected chi connectivity index (χ0v) is 9.27. The van der Waals surface area contributed by atoms with Crippen LogP contribution in [0.25, 0.3) is 33.7 Å². The minimum Gasteiger partial charge on any atom is -0.119 e. The van der Waals surface area contributed by atoms with Gasteiger partial charge >= 0.3 is 0 Å². The zero-order chi connectivity index (χ0) is 11.2. The highest BCUT2D eigenvalue weighted by Gasteiger charge is 2.11. The smallest absolute Gasteiger partial charge is 0.00155 e. The molecule has 0 aliphatic heterocycles. The molecule has 0 aromatic heterocycles. The Morgan fingerprint density at radius 3 is 1.41 bits per heavy atom. The Hall–Kier alpha value is -2.30. The van der Waals surface area contributed by atoms with E-state index in [1.54, 1.807) is 0 Å². The van der Waals surface area contributed by atoms with Crippen LogP contribution in [0.3, 0.4) is 0 Å². The van der Waals surface area contributed by atoms with Crippen molar-refractivity contribution in [2.45, 2.75) is 0 Å². The molecule has 0 radical (unpaired) electrons. The topological polar surface area (TPSA) is 0 Å². The summed E-state index contributed by atoms with van der Waals surface area (Å²) in [5.74, 6) is 0. The van der Waals surface area contributed by atoms with Crippen LogP contribution in [0.2, 0.25) is 0 Å². The molecule has 0 N–H and O–H groups in total. The minimum atomic E-state index is 1.30. The minimum absolute atomic E-state index is 1.30. The first-order valence-electron chi connectivity index (χ1n) is 5.81. The highest BCUT2D eigenvalue weighted by molar-refractivity contribution is 6.15. The number of benzene rings is 3. The van der Waals surface area contributed by atoms with Gasteiger partial charge in [-0.1, -0.05) is 48.5 Å². The Balaban J connectivity index is 2.40. The van der Waals surface area contributed by atoms with Crippen molar-refractivity contribution in [2.24, 2.45) is 0 Å². The van der Waals surface area contributed by atoms with Gasteiger partial charge in [0.15, 0.2) is 0 Å². The van der Waals surface area contributed by atoms with E-state index < -0.39 is 0 Å². The third-order valence-electron chi connectivity index (χ3n) is 3.47. The molecule has 17 heavy (non-hydrogen) atoms. The van der Waals surface area contributed by atoms with Crippen LogP contribution in [0.4, 0.5) is 0 Å². The number of fused-ring (bicyclic) bond motifs is 6. The first-order chi connectivity index (χ1) is 8.45. The molecule has 1 aliphatic carbocycles. The van der Waals surface area contributed by atoms with Crippen LogP contribution < -0.4 is 0 Å². The molecule has 3 aromatic carbocycles. The Kier molecular flexibility index (Phi) is 1.61. The maximum atomic E-state index is 3.22. The van der Waals surface area contributed by atoms with Gasteiger partial charge in [0.05, 0.1) is 0 Å². The van der Waals surface area contributed by atoms with Gasteiger partial charge in [-0.25, -0.2) is 0 Å². The predicted octanol–water partition coefficient (Wildman–Crippen LogP) is 4.63. The van der Waals surface area contributed by atoms with Crippen molar-refractivity contribution in [2.75, 3.05) is 0 Å². The van der Waals surface area contributed by atoms with Crippen LogP contribution in [0.15, 0.2) is 54.3 Å². The second-order valence-corrected chi connectivity index (χ2v) is 4.37. The van der Waals surface area contributed by atoms with Gasteiger partial charge in [0, 0.05) is 0 Å². The summed E-state index contributed by atoms with van der Waals surface area (Å²) in [5, 5.41) is 5.30. The van der Waals surface area contributed by atoms with Gasteiger partial charge in [-0.05, 0) is 44.8 Å². The van der Waals surface area contributed by atoms with E-state index in [0.29, 0.717) is 0 Å². The molecule has 3 aromatic rings. The lowest BCUT2D eigenvalue weighted by Crippen LogP contribution is -1.86. The van der Waals surface area contributed by atoms with Crippen molar-refractivity contribution >= 4 is 33.7 Å². The third-order valence-corrected chi connectivity index (χ3v) is 3.47. The van der Waals surface area contributed by atoms with E-state index in [1.165, 1.54) is 32.7 Å². The van der Waals surface area contributed by atoms with E-state index in [9.17, 15) is 0 Å². The van der Waals surface area contributed by atoms with Crippen LogP contribution in [0.1, 0.15) is 11.1 Å². The first kappa shape index (κ1) is 8.81. The molecule has 78 valence electrons. The average molecular weight is 214 g/mol. The predicted molar refractivity (Wildman–Crippen MR) is 73.9 cm³/mol.